The summed E-state index contributed by atoms with van der Waals surface area (Å²) >= 11 is 6.79. The number of carboxylic acid groups (broad SMARTS) is 1. The molecule has 88 valence electrons. The molecule has 0 aliphatic carbocycles. The van der Waals surface area contributed by atoms with Crippen molar-refractivity contribution in [2.24, 2.45) is 0 Å². The highest BCUT2D eigenvalue weighted by Crippen LogP contribution is 2.31. The highest BCUT2D eigenvalue weighted by atomic mass is 35.5. The zero-order chi connectivity index (χ0) is 12.4. The topological polar surface area (TPSA) is 59.4 Å². The number of halogens is 1. The number of hydrogen-bond acceptors (Lipinski definition) is 4. The van der Waals surface area contributed by atoms with Gasteiger partial charge in [-0.25, -0.2) is 9.78 Å². The van der Waals surface area contributed by atoms with E-state index in [-0.39, 0.29) is 10.0 Å². The molecule has 0 aliphatic heterocycles. The van der Waals surface area contributed by atoms with Crippen molar-refractivity contribution in [3.05, 3.63) is 34.3 Å². The minimum absolute atomic E-state index is 0.0216. The maximum absolute atomic E-state index is 10.8. The Balaban J connectivity index is 2.39. The van der Waals surface area contributed by atoms with Gasteiger partial charge in [0.25, 0.3) is 0 Å². The van der Waals surface area contributed by atoms with Crippen molar-refractivity contribution in [1.29, 1.82) is 0 Å². The lowest BCUT2D eigenvalue weighted by atomic mass is 10.2. The van der Waals surface area contributed by atoms with Crippen molar-refractivity contribution in [2.75, 3.05) is 7.11 Å². The van der Waals surface area contributed by atoms with Gasteiger partial charge in [0.05, 0.1) is 7.11 Å². The molecule has 0 saturated heterocycles. The van der Waals surface area contributed by atoms with Gasteiger partial charge in [0.1, 0.15) is 10.8 Å². The van der Waals surface area contributed by atoms with Crippen LogP contribution in [0.3, 0.4) is 0 Å². The van der Waals surface area contributed by atoms with Gasteiger partial charge in [-0.2, -0.15) is 0 Å². The fourth-order valence-corrected chi connectivity index (χ4v) is 2.42. The molecule has 0 spiro atoms. The molecule has 0 aliphatic rings. The quantitative estimate of drug-likeness (QED) is 0.930. The van der Waals surface area contributed by atoms with Gasteiger partial charge in [0, 0.05) is 5.56 Å². The minimum atomic E-state index is -1.06. The van der Waals surface area contributed by atoms with Crippen molar-refractivity contribution in [2.45, 2.75) is 0 Å². The summed E-state index contributed by atoms with van der Waals surface area (Å²) in [4.78, 5) is 14.9. The molecule has 0 amide bonds. The number of methoxy groups -OCH3 is 1. The summed E-state index contributed by atoms with van der Waals surface area (Å²) in [6.45, 7) is 0. The second-order valence-corrected chi connectivity index (χ2v) is 4.53. The van der Waals surface area contributed by atoms with Crippen LogP contribution in [0, 0.1) is 0 Å². The van der Waals surface area contributed by atoms with Crippen LogP contribution in [-0.4, -0.2) is 23.2 Å². The highest BCUT2D eigenvalue weighted by Gasteiger charge is 2.16. The molecule has 0 saturated carbocycles. The number of nitrogens with zero attached hydrogens (tertiary/aromatic N) is 1. The van der Waals surface area contributed by atoms with E-state index in [1.54, 1.807) is 31.4 Å². The largest absolute Gasteiger partial charge is 0.497 e. The van der Waals surface area contributed by atoms with Crippen LogP contribution in [0.15, 0.2) is 24.3 Å². The summed E-state index contributed by atoms with van der Waals surface area (Å²) in [6.07, 6.45) is 0. The zero-order valence-electron chi connectivity index (χ0n) is 8.81. The Hall–Kier alpha value is -1.59. The second-order valence-electron chi connectivity index (χ2n) is 3.17. The Morgan fingerprint density at radius 1 is 1.41 bits per heavy atom. The SMILES string of the molecule is COc1ccc(-c2nc(Cl)c(C(=O)O)s2)cc1. The lowest BCUT2D eigenvalue weighted by Crippen LogP contribution is -1.91. The van der Waals surface area contributed by atoms with E-state index in [0.29, 0.717) is 5.01 Å². The van der Waals surface area contributed by atoms with Crippen LogP contribution in [-0.2, 0) is 0 Å². The first-order chi connectivity index (χ1) is 8.11. The van der Waals surface area contributed by atoms with E-state index in [9.17, 15) is 4.79 Å². The van der Waals surface area contributed by atoms with Crippen LogP contribution < -0.4 is 4.74 Å². The van der Waals surface area contributed by atoms with E-state index in [1.165, 1.54) is 0 Å². The van der Waals surface area contributed by atoms with Crippen LogP contribution >= 0.6 is 22.9 Å². The predicted octanol–water partition coefficient (Wildman–Crippen LogP) is 3.17. The molecule has 0 unspecified atom stereocenters. The van der Waals surface area contributed by atoms with Gasteiger partial charge in [-0.05, 0) is 24.3 Å². The number of aromatic carboxylic acids is 1. The Morgan fingerprint density at radius 2 is 2.06 bits per heavy atom. The third-order valence-corrected chi connectivity index (χ3v) is 3.60. The van der Waals surface area contributed by atoms with E-state index < -0.39 is 5.97 Å². The normalized spacial score (nSPS) is 10.2. The van der Waals surface area contributed by atoms with Crippen molar-refractivity contribution in [3.8, 4) is 16.3 Å². The molecule has 0 bridgehead atoms. The van der Waals surface area contributed by atoms with Crippen LogP contribution in [0.5, 0.6) is 5.75 Å². The number of carboxylic acids is 1. The van der Waals surface area contributed by atoms with E-state index >= 15 is 0 Å². The van der Waals surface area contributed by atoms with E-state index in [2.05, 4.69) is 4.98 Å². The summed E-state index contributed by atoms with van der Waals surface area (Å²) < 4.78 is 5.04. The number of hydrogen-bond donors (Lipinski definition) is 1. The van der Waals surface area contributed by atoms with E-state index in [4.69, 9.17) is 21.4 Å². The van der Waals surface area contributed by atoms with Gasteiger partial charge < -0.3 is 9.84 Å². The molecule has 0 radical (unpaired) electrons. The summed E-state index contributed by atoms with van der Waals surface area (Å²) in [6, 6.07) is 7.18. The number of thiazole rings is 1. The van der Waals surface area contributed by atoms with Gasteiger partial charge in [-0.1, -0.05) is 11.6 Å². The standard InChI is InChI=1S/C11H8ClNO3S/c1-16-7-4-2-6(3-5-7)10-13-9(12)8(17-10)11(14)15/h2-5H,1H3,(H,14,15). The molecule has 2 rings (SSSR count). The molecule has 2 aromatic rings. The average Bonchev–Trinajstić information content (AvgIpc) is 2.71. The number of benzene rings is 1. The predicted molar refractivity (Wildman–Crippen MR) is 66.1 cm³/mol. The van der Waals surface area contributed by atoms with Gasteiger partial charge in [-0.3, -0.25) is 0 Å². The summed E-state index contributed by atoms with van der Waals surface area (Å²) in [5.41, 5.74) is 0.810. The maximum Gasteiger partial charge on any atom is 0.349 e. The Bertz CT molecular complexity index is 550. The molecule has 6 heteroatoms. The minimum Gasteiger partial charge on any atom is -0.497 e. The molecule has 0 fully saturated rings. The molecule has 1 heterocycles. The van der Waals surface area contributed by atoms with Crippen molar-refractivity contribution in [1.82, 2.24) is 4.98 Å². The van der Waals surface area contributed by atoms with Crippen molar-refractivity contribution < 1.29 is 14.6 Å². The van der Waals surface area contributed by atoms with Crippen LogP contribution in [0.1, 0.15) is 9.67 Å². The number of ether oxygens (including phenoxy) is 1. The third-order valence-electron chi connectivity index (χ3n) is 2.12. The second kappa shape index (κ2) is 4.73. The summed E-state index contributed by atoms with van der Waals surface area (Å²) in [5.74, 6) is -0.331. The summed E-state index contributed by atoms with van der Waals surface area (Å²) in [7, 11) is 1.58. The van der Waals surface area contributed by atoms with E-state index in [0.717, 1.165) is 22.6 Å². The Labute approximate surface area is 106 Å². The number of aromatic nitrogens is 1. The average molecular weight is 270 g/mol. The lowest BCUT2D eigenvalue weighted by Gasteiger charge is -1.99. The molecule has 17 heavy (non-hydrogen) atoms. The first-order valence-corrected chi connectivity index (χ1v) is 5.85. The zero-order valence-corrected chi connectivity index (χ0v) is 10.4. The smallest absolute Gasteiger partial charge is 0.349 e. The van der Waals surface area contributed by atoms with Crippen molar-refractivity contribution in [3.63, 3.8) is 0 Å². The first kappa shape index (κ1) is 11.9. The molecule has 1 aromatic heterocycles. The molecular formula is C11H8ClNO3S. The highest BCUT2D eigenvalue weighted by molar-refractivity contribution is 7.17. The van der Waals surface area contributed by atoms with Crippen LogP contribution in [0.2, 0.25) is 5.15 Å². The van der Waals surface area contributed by atoms with Gasteiger partial charge in [0.15, 0.2) is 10.0 Å². The number of carbonyl (C=O) groups is 1. The maximum atomic E-state index is 10.8. The van der Waals surface area contributed by atoms with Crippen LogP contribution in [0.4, 0.5) is 0 Å². The lowest BCUT2D eigenvalue weighted by molar-refractivity contribution is 0.0702. The van der Waals surface area contributed by atoms with Gasteiger partial charge >= 0.3 is 5.97 Å². The first-order valence-electron chi connectivity index (χ1n) is 4.66. The molecule has 1 aromatic carbocycles. The van der Waals surface area contributed by atoms with Gasteiger partial charge in [0.2, 0.25) is 0 Å². The Morgan fingerprint density at radius 3 is 2.53 bits per heavy atom. The Kier molecular flexibility index (Phi) is 3.31. The van der Waals surface area contributed by atoms with Crippen LogP contribution in [0.25, 0.3) is 10.6 Å². The van der Waals surface area contributed by atoms with Gasteiger partial charge in [-0.15, -0.1) is 11.3 Å². The fraction of sp³-hybridized carbons (Fsp3) is 0.0909. The number of rotatable bonds is 3. The third kappa shape index (κ3) is 2.40. The fourth-order valence-electron chi connectivity index (χ4n) is 1.29. The monoisotopic (exact) mass is 269 g/mol. The molecular weight excluding hydrogens is 262 g/mol. The molecule has 4 nitrogen and oxygen atoms in total. The molecule has 1 N–H and O–H groups in total. The molecule has 0 atom stereocenters. The van der Waals surface area contributed by atoms with E-state index in [1.807, 2.05) is 0 Å². The summed E-state index contributed by atoms with van der Waals surface area (Å²) in [5, 5.41) is 9.47. The van der Waals surface area contributed by atoms with Crippen molar-refractivity contribution >= 4 is 28.9 Å².